The molecule has 4 aromatic rings. The van der Waals surface area contributed by atoms with Gasteiger partial charge in [-0.3, -0.25) is 9.59 Å². The summed E-state index contributed by atoms with van der Waals surface area (Å²) in [7, 11) is 0. The maximum Gasteiger partial charge on any atom is 0.253 e. The zero-order chi connectivity index (χ0) is 22.8. The van der Waals surface area contributed by atoms with Crippen molar-refractivity contribution in [1.29, 1.82) is 0 Å². The van der Waals surface area contributed by atoms with Gasteiger partial charge in [-0.15, -0.1) is 0 Å². The van der Waals surface area contributed by atoms with Crippen molar-refractivity contribution in [3.05, 3.63) is 89.1 Å². The number of rotatable bonds is 6. The highest BCUT2D eigenvalue weighted by Crippen LogP contribution is 2.34. The Balaban J connectivity index is 1.41. The van der Waals surface area contributed by atoms with Crippen LogP contribution < -0.4 is 20.1 Å². The molecule has 33 heavy (non-hydrogen) atoms. The topological polar surface area (TPSA) is 92.5 Å². The van der Waals surface area contributed by atoms with Crippen molar-refractivity contribution in [2.45, 2.75) is 12.5 Å². The number of carbonyl (C=O) groups excluding carboxylic acids is 2. The zero-order valence-electron chi connectivity index (χ0n) is 17.4. The Hall–Kier alpha value is -3.97. The lowest BCUT2D eigenvalue weighted by Gasteiger charge is -2.19. The summed E-state index contributed by atoms with van der Waals surface area (Å²) in [6.45, 7) is 0.143. The molecule has 3 aromatic carbocycles. The van der Waals surface area contributed by atoms with Crippen LogP contribution >= 0.6 is 11.6 Å². The van der Waals surface area contributed by atoms with Crippen molar-refractivity contribution in [3.8, 4) is 11.5 Å². The van der Waals surface area contributed by atoms with Gasteiger partial charge in [-0.1, -0.05) is 41.9 Å². The van der Waals surface area contributed by atoms with E-state index in [-0.39, 0.29) is 19.1 Å². The first-order chi connectivity index (χ1) is 16.1. The lowest BCUT2D eigenvalue weighted by atomic mass is 10.0. The van der Waals surface area contributed by atoms with E-state index in [0.717, 1.165) is 16.5 Å². The molecule has 1 aliphatic rings. The van der Waals surface area contributed by atoms with Crippen LogP contribution in [0.5, 0.6) is 11.5 Å². The van der Waals surface area contributed by atoms with Crippen molar-refractivity contribution < 1.29 is 19.1 Å². The van der Waals surface area contributed by atoms with Crippen LogP contribution in [-0.2, 0) is 11.2 Å². The number of amides is 2. The number of aromatic amines is 1. The first-order valence-electron chi connectivity index (χ1n) is 10.4. The van der Waals surface area contributed by atoms with Crippen LogP contribution in [-0.4, -0.2) is 29.6 Å². The molecule has 0 saturated carbocycles. The molecule has 2 amide bonds. The van der Waals surface area contributed by atoms with Gasteiger partial charge in [0.1, 0.15) is 6.04 Å². The lowest BCUT2D eigenvalue weighted by molar-refractivity contribution is -0.118. The van der Waals surface area contributed by atoms with E-state index in [9.17, 15) is 9.59 Å². The van der Waals surface area contributed by atoms with Gasteiger partial charge in [0.2, 0.25) is 12.7 Å². The Morgan fingerprint density at radius 2 is 1.79 bits per heavy atom. The predicted octanol–water partition coefficient (Wildman–Crippen LogP) is 4.53. The molecule has 0 fully saturated rings. The standard InChI is InChI=1S/C25H20ClN3O4/c26-19-7-3-1-6-18(19)24(30)29-21(11-15-13-27-20-8-4-2-5-17(15)20)25(31)28-16-9-10-22-23(12-16)33-14-32-22/h1-10,12-13,21,27H,11,14H2,(H,28,31)(H,29,30). The van der Waals surface area contributed by atoms with Crippen LogP contribution in [0, 0.1) is 0 Å². The minimum Gasteiger partial charge on any atom is -0.454 e. The number of halogens is 1. The van der Waals surface area contributed by atoms with Gasteiger partial charge < -0.3 is 25.1 Å². The Labute approximate surface area is 194 Å². The first kappa shape index (κ1) is 20.9. The van der Waals surface area contributed by atoms with Gasteiger partial charge in [-0.2, -0.15) is 0 Å². The van der Waals surface area contributed by atoms with Crippen molar-refractivity contribution >= 4 is 40.0 Å². The summed E-state index contributed by atoms with van der Waals surface area (Å²) < 4.78 is 10.7. The number of carbonyl (C=O) groups is 2. The van der Waals surface area contributed by atoms with E-state index in [0.29, 0.717) is 27.8 Å². The van der Waals surface area contributed by atoms with Gasteiger partial charge in [0.15, 0.2) is 11.5 Å². The molecule has 3 N–H and O–H groups in total. The van der Waals surface area contributed by atoms with E-state index in [4.69, 9.17) is 21.1 Å². The molecule has 0 bridgehead atoms. The molecule has 1 atom stereocenters. The molecule has 2 heterocycles. The number of anilines is 1. The maximum absolute atomic E-state index is 13.3. The summed E-state index contributed by atoms with van der Waals surface area (Å²) in [4.78, 5) is 29.5. The molecule has 166 valence electrons. The van der Waals surface area contributed by atoms with E-state index < -0.39 is 11.9 Å². The summed E-state index contributed by atoms with van der Waals surface area (Å²) in [6.07, 6.45) is 2.14. The summed E-state index contributed by atoms with van der Waals surface area (Å²) >= 11 is 6.19. The Bertz CT molecular complexity index is 1350. The van der Waals surface area contributed by atoms with Crippen molar-refractivity contribution in [2.75, 3.05) is 12.1 Å². The fraction of sp³-hybridized carbons (Fsp3) is 0.120. The van der Waals surface area contributed by atoms with Gasteiger partial charge in [-0.25, -0.2) is 0 Å². The molecule has 8 heteroatoms. The van der Waals surface area contributed by atoms with Crippen LogP contribution in [0.4, 0.5) is 5.69 Å². The average molecular weight is 462 g/mol. The second kappa shape index (κ2) is 8.88. The van der Waals surface area contributed by atoms with Gasteiger partial charge in [0.05, 0.1) is 10.6 Å². The molecule has 7 nitrogen and oxygen atoms in total. The molecule has 0 radical (unpaired) electrons. The monoisotopic (exact) mass is 461 g/mol. The predicted molar refractivity (Wildman–Crippen MR) is 126 cm³/mol. The van der Waals surface area contributed by atoms with Crippen molar-refractivity contribution in [3.63, 3.8) is 0 Å². The van der Waals surface area contributed by atoms with E-state index in [1.54, 1.807) is 42.5 Å². The number of hydrogen-bond donors (Lipinski definition) is 3. The second-order valence-electron chi connectivity index (χ2n) is 7.63. The van der Waals surface area contributed by atoms with E-state index >= 15 is 0 Å². The average Bonchev–Trinajstić information content (AvgIpc) is 3.45. The third-order valence-corrected chi connectivity index (χ3v) is 5.81. The summed E-state index contributed by atoms with van der Waals surface area (Å²) in [5.41, 5.74) is 2.72. The van der Waals surface area contributed by atoms with Crippen LogP contribution in [0.1, 0.15) is 15.9 Å². The van der Waals surface area contributed by atoms with Crippen molar-refractivity contribution in [2.24, 2.45) is 0 Å². The quantitative estimate of drug-likeness (QED) is 0.393. The minimum absolute atomic E-state index is 0.143. The number of hydrogen-bond acceptors (Lipinski definition) is 4. The SMILES string of the molecule is O=C(NC(Cc1c[nH]c2ccccc12)C(=O)Nc1ccc2c(c1)OCO2)c1ccccc1Cl. The van der Waals surface area contributed by atoms with Gasteiger partial charge in [0.25, 0.3) is 5.91 Å². The van der Waals surface area contributed by atoms with Crippen LogP contribution in [0.25, 0.3) is 10.9 Å². The minimum atomic E-state index is -0.849. The number of fused-ring (bicyclic) bond motifs is 2. The Morgan fingerprint density at radius 1 is 1.00 bits per heavy atom. The first-order valence-corrected chi connectivity index (χ1v) is 10.8. The fourth-order valence-corrected chi connectivity index (χ4v) is 4.04. The molecule has 0 saturated heterocycles. The second-order valence-corrected chi connectivity index (χ2v) is 8.03. The summed E-state index contributed by atoms with van der Waals surface area (Å²) in [5.74, 6) is 0.391. The highest BCUT2D eigenvalue weighted by Gasteiger charge is 2.25. The van der Waals surface area contributed by atoms with Crippen LogP contribution in [0.15, 0.2) is 72.9 Å². The molecule has 5 rings (SSSR count). The summed E-state index contributed by atoms with van der Waals surface area (Å²) in [6, 6.07) is 18.8. The highest BCUT2D eigenvalue weighted by molar-refractivity contribution is 6.33. The van der Waals surface area contributed by atoms with E-state index in [2.05, 4.69) is 15.6 Å². The molecule has 1 unspecified atom stereocenters. The number of benzene rings is 3. The van der Waals surface area contributed by atoms with Crippen molar-refractivity contribution in [1.82, 2.24) is 10.3 Å². The van der Waals surface area contributed by atoms with Crippen LogP contribution in [0.3, 0.4) is 0 Å². The number of aromatic nitrogens is 1. The molecule has 0 spiro atoms. The van der Waals surface area contributed by atoms with Crippen LogP contribution in [0.2, 0.25) is 5.02 Å². The normalized spacial score (nSPS) is 13.0. The maximum atomic E-state index is 13.3. The third kappa shape index (κ3) is 4.36. The molecular formula is C25H20ClN3O4. The molecule has 1 aliphatic heterocycles. The van der Waals surface area contributed by atoms with Gasteiger partial charge >= 0.3 is 0 Å². The number of para-hydroxylation sites is 1. The molecule has 0 aliphatic carbocycles. The Kier molecular flexibility index (Phi) is 5.62. The highest BCUT2D eigenvalue weighted by atomic mass is 35.5. The number of ether oxygens (including phenoxy) is 2. The number of nitrogens with one attached hydrogen (secondary N) is 3. The van der Waals surface area contributed by atoms with Gasteiger partial charge in [-0.05, 0) is 35.9 Å². The van der Waals surface area contributed by atoms with E-state index in [1.807, 2.05) is 30.5 Å². The zero-order valence-corrected chi connectivity index (χ0v) is 18.2. The Morgan fingerprint density at radius 3 is 2.67 bits per heavy atom. The number of H-pyrrole nitrogens is 1. The third-order valence-electron chi connectivity index (χ3n) is 5.48. The van der Waals surface area contributed by atoms with E-state index in [1.165, 1.54) is 0 Å². The lowest BCUT2D eigenvalue weighted by Crippen LogP contribution is -2.45. The smallest absolute Gasteiger partial charge is 0.253 e. The molecular weight excluding hydrogens is 442 g/mol. The van der Waals surface area contributed by atoms with Gasteiger partial charge in [0, 0.05) is 35.3 Å². The summed E-state index contributed by atoms with van der Waals surface area (Å²) in [5, 5.41) is 7.02. The molecule has 1 aromatic heterocycles. The fourth-order valence-electron chi connectivity index (χ4n) is 3.81. The largest absolute Gasteiger partial charge is 0.454 e.